The fourth-order valence-electron chi connectivity index (χ4n) is 2.28. The zero-order chi connectivity index (χ0) is 19.3. The second-order valence-electron chi connectivity index (χ2n) is 7.27. The molecule has 1 amide bonds. The predicted octanol–water partition coefficient (Wildman–Crippen LogP) is 0.535. The lowest BCUT2D eigenvalue weighted by atomic mass is 9.79. The van der Waals surface area contributed by atoms with E-state index in [-0.39, 0.29) is 17.8 Å². The molecule has 1 rings (SSSR count). The van der Waals surface area contributed by atoms with Crippen LogP contribution in [-0.2, 0) is 9.53 Å². The van der Waals surface area contributed by atoms with Crippen LogP contribution in [-0.4, -0.2) is 51.9 Å². The van der Waals surface area contributed by atoms with Gasteiger partial charge in [-0.05, 0) is 51.7 Å². The highest BCUT2D eigenvalue weighted by molar-refractivity contribution is 6.58. The molecule has 0 aliphatic heterocycles. The molecule has 0 aliphatic carbocycles. The molecule has 0 aromatic heterocycles. The van der Waals surface area contributed by atoms with Gasteiger partial charge in [0.15, 0.2) is 0 Å². The lowest BCUT2D eigenvalue weighted by molar-refractivity contribution is -0.143. The number of carboxylic acids is 1. The Bertz CT molecular complexity index is 615. The zero-order valence-corrected chi connectivity index (χ0v) is 15.1. The van der Waals surface area contributed by atoms with Crippen molar-refractivity contribution in [1.82, 2.24) is 5.32 Å². The van der Waals surface area contributed by atoms with Gasteiger partial charge in [-0.15, -0.1) is 0 Å². The van der Waals surface area contributed by atoms with Gasteiger partial charge >= 0.3 is 13.1 Å². The number of amides is 1. The Morgan fingerprint density at radius 1 is 1.20 bits per heavy atom. The van der Waals surface area contributed by atoms with Crippen LogP contribution in [0, 0.1) is 0 Å². The van der Waals surface area contributed by atoms with Crippen molar-refractivity contribution in [1.29, 1.82) is 0 Å². The number of benzene rings is 1. The van der Waals surface area contributed by atoms with Crippen molar-refractivity contribution < 1.29 is 29.5 Å². The van der Waals surface area contributed by atoms with Crippen LogP contribution in [0.4, 0.5) is 0 Å². The predicted molar refractivity (Wildman–Crippen MR) is 94.7 cm³/mol. The van der Waals surface area contributed by atoms with Crippen LogP contribution >= 0.6 is 0 Å². The molecule has 0 saturated carbocycles. The highest BCUT2D eigenvalue weighted by Crippen LogP contribution is 2.17. The third-order valence-electron chi connectivity index (χ3n) is 3.70. The number of carbonyl (C=O) groups is 2. The van der Waals surface area contributed by atoms with Crippen LogP contribution in [0.1, 0.15) is 50.9 Å². The highest BCUT2D eigenvalue weighted by atomic mass is 16.5. The number of hydrogen-bond acceptors (Lipinski definition) is 5. The smallest absolute Gasteiger partial charge is 0.481 e. The number of hydrogen-bond donors (Lipinski definition) is 4. The van der Waals surface area contributed by atoms with Gasteiger partial charge in [0.25, 0.3) is 5.91 Å². The van der Waals surface area contributed by atoms with E-state index in [9.17, 15) is 19.6 Å². The van der Waals surface area contributed by atoms with Crippen molar-refractivity contribution in [3.05, 3.63) is 29.8 Å². The fourth-order valence-corrected chi connectivity index (χ4v) is 2.28. The molecular formula is C17H26BNO6. The first-order valence-electron chi connectivity index (χ1n) is 8.06. The number of carboxylic acid groups (broad SMARTS) is 1. The summed E-state index contributed by atoms with van der Waals surface area (Å²) in [5.41, 5.74) is -0.795. The summed E-state index contributed by atoms with van der Waals surface area (Å²) in [5, 5.41) is 30.1. The lowest BCUT2D eigenvalue weighted by Crippen LogP contribution is -2.45. The quantitative estimate of drug-likeness (QED) is 0.483. The maximum Gasteiger partial charge on any atom is 0.488 e. The summed E-state index contributed by atoms with van der Waals surface area (Å²) in [5.74, 6) is -1.26. The molecule has 25 heavy (non-hydrogen) atoms. The van der Waals surface area contributed by atoms with Crippen LogP contribution in [0.2, 0.25) is 0 Å². The van der Waals surface area contributed by atoms with Gasteiger partial charge in [0.2, 0.25) is 0 Å². The van der Waals surface area contributed by atoms with E-state index in [4.69, 9.17) is 9.84 Å². The van der Waals surface area contributed by atoms with Gasteiger partial charge in [0.1, 0.15) is 0 Å². The molecule has 0 radical (unpaired) electrons. The zero-order valence-electron chi connectivity index (χ0n) is 15.1. The maximum atomic E-state index is 12.3. The van der Waals surface area contributed by atoms with Gasteiger partial charge < -0.3 is 25.2 Å². The third kappa shape index (κ3) is 7.68. The third-order valence-corrected chi connectivity index (χ3v) is 3.70. The summed E-state index contributed by atoms with van der Waals surface area (Å²) in [6.07, 6.45) is 0.389. The first kappa shape index (κ1) is 21.1. The van der Waals surface area contributed by atoms with E-state index in [0.29, 0.717) is 18.6 Å². The number of nitrogens with one attached hydrogen (secondary N) is 1. The summed E-state index contributed by atoms with van der Waals surface area (Å²) < 4.78 is 5.62. The lowest BCUT2D eigenvalue weighted by Gasteiger charge is -2.29. The van der Waals surface area contributed by atoms with Gasteiger partial charge in [0, 0.05) is 17.7 Å². The minimum atomic E-state index is -1.63. The van der Waals surface area contributed by atoms with E-state index < -0.39 is 24.2 Å². The summed E-state index contributed by atoms with van der Waals surface area (Å²) in [6, 6.07) is 6.10. The monoisotopic (exact) mass is 351 g/mol. The van der Waals surface area contributed by atoms with E-state index in [1.807, 2.05) is 13.8 Å². The summed E-state index contributed by atoms with van der Waals surface area (Å²) in [7, 11) is -1.63. The molecule has 0 unspecified atom stereocenters. The van der Waals surface area contributed by atoms with Gasteiger partial charge in [-0.3, -0.25) is 9.59 Å². The van der Waals surface area contributed by atoms with Crippen LogP contribution in [0.25, 0.3) is 0 Å². The molecule has 0 bridgehead atoms. The second-order valence-corrected chi connectivity index (χ2v) is 7.27. The van der Waals surface area contributed by atoms with E-state index in [2.05, 4.69) is 5.32 Å². The Kier molecular flexibility index (Phi) is 7.16. The topological polar surface area (TPSA) is 116 Å². The molecule has 0 atom stereocenters. The van der Waals surface area contributed by atoms with E-state index in [0.717, 1.165) is 0 Å². The largest absolute Gasteiger partial charge is 0.488 e. The molecule has 7 nitrogen and oxygen atoms in total. The molecule has 0 heterocycles. The minimum Gasteiger partial charge on any atom is -0.481 e. The van der Waals surface area contributed by atoms with Gasteiger partial charge in [-0.1, -0.05) is 12.1 Å². The van der Waals surface area contributed by atoms with E-state index in [1.165, 1.54) is 12.1 Å². The van der Waals surface area contributed by atoms with Crippen molar-refractivity contribution in [2.45, 2.75) is 51.7 Å². The highest BCUT2D eigenvalue weighted by Gasteiger charge is 2.26. The van der Waals surface area contributed by atoms with Crippen LogP contribution in [0.3, 0.4) is 0 Å². The number of ether oxygens (including phenoxy) is 1. The first-order chi connectivity index (χ1) is 11.4. The van der Waals surface area contributed by atoms with E-state index >= 15 is 0 Å². The Balaban J connectivity index is 2.60. The number of rotatable bonds is 9. The second kappa shape index (κ2) is 8.46. The molecule has 1 aromatic rings. The SMILES string of the molecule is CC(C)(CCOC(C)(C)CC(=O)O)NC(=O)c1cccc(B(O)O)c1. The summed E-state index contributed by atoms with van der Waals surface area (Å²) >= 11 is 0. The molecule has 8 heteroatoms. The molecule has 0 spiro atoms. The average molecular weight is 351 g/mol. The maximum absolute atomic E-state index is 12.3. The van der Waals surface area contributed by atoms with Crippen LogP contribution < -0.4 is 10.8 Å². The van der Waals surface area contributed by atoms with E-state index in [1.54, 1.807) is 26.0 Å². The molecule has 1 aromatic carbocycles. The Labute approximate surface area is 148 Å². The standard InChI is InChI=1S/C17H26BNO6/c1-16(2,8-9-25-17(3,4)11-14(20)21)19-15(22)12-6-5-7-13(10-12)18(23)24/h5-7,10,23-24H,8-9,11H2,1-4H3,(H,19,22)(H,20,21). The Morgan fingerprint density at radius 2 is 1.84 bits per heavy atom. The van der Waals surface area contributed by atoms with Gasteiger partial charge in [0.05, 0.1) is 12.0 Å². The minimum absolute atomic E-state index is 0.101. The average Bonchev–Trinajstić information content (AvgIpc) is 2.44. The molecule has 0 saturated heterocycles. The first-order valence-corrected chi connectivity index (χ1v) is 8.06. The Morgan fingerprint density at radius 3 is 2.40 bits per heavy atom. The number of aliphatic carboxylic acids is 1. The molecule has 0 aliphatic rings. The summed E-state index contributed by atoms with van der Waals surface area (Å²) in [4.78, 5) is 23.1. The molecule has 138 valence electrons. The van der Waals surface area contributed by atoms with Gasteiger partial charge in [-0.2, -0.15) is 0 Å². The molecule has 0 fully saturated rings. The molecular weight excluding hydrogens is 325 g/mol. The fraction of sp³-hybridized carbons (Fsp3) is 0.529. The van der Waals surface area contributed by atoms with Crippen LogP contribution in [0.15, 0.2) is 24.3 Å². The summed E-state index contributed by atoms with van der Waals surface area (Å²) in [6.45, 7) is 7.38. The normalized spacial score (nSPS) is 11.9. The van der Waals surface area contributed by atoms with Crippen molar-refractivity contribution in [3.8, 4) is 0 Å². The number of carbonyl (C=O) groups excluding carboxylic acids is 1. The van der Waals surface area contributed by atoms with Crippen molar-refractivity contribution in [2.24, 2.45) is 0 Å². The molecule has 4 N–H and O–H groups in total. The van der Waals surface area contributed by atoms with Crippen molar-refractivity contribution in [3.63, 3.8) is 0 Å². The van der Waals surface area contributed by atoms with Gasteiger partial charge in [-0.25, -0.2) is 0 Å². The van der Waals surface area contributed by atoms with Crippen LogP contribution in [0.5, 0.6) is 0 Å². The van der Waals surface area contributed by atoms with Crippen molar-refractivity contribution in [2.75, 3.05) is 6.61 Å². The van der Waals surface area contributed by atoms with Crippen molar-refractivity contribution >= 4 is 24.5 Å². The Hall–Kier alpha value is -1.90.